The van der Waals surface area contributed by atoms with E-state index in [0.29, 0.717) is 18.7 Å². The van der Waals surface area contributed by atoms with Crippen LogP contribution in [0.3, 0.4) is 0 Å². The Morgan fingerprint density at radius 1 is 0.946 bits per heavy atom. The van der Waals surface area contributed by atoms with Gasteiger partial charge in [-0.2, -0.15) is 5.10 Å². The molecule has 0 N–H and O–H groups in total. The predicted molar refractivity (Wildman–Crippen MR) is 144 cm³/mol. The number of hydrogen-bond donors (Lipinski definition) is 0. The molecule has 0 aliphatic carbocycles. The molecule has 4 aromatic rings. The van der Waals surface area contributed by atoms with Gasteiger partial charge in [0.25, 0.3) is 5.91 Å². The fraction of sp³-hybridized carbons (Fsp3) is 0.345. The summed E-state index contributed by atoms with van der Waals surface area (Å²) in [5.41, 5.74) is 4.32. The third-order valence-electron chi connectivity index (χ3n) is 6.87. The Morgan fingerprint density at radius 2 is 1.68 bits per heavy atom. The molecule has 0 spiro atoms. The normalized spacial score (nSPS) is 14.4. The summed E-state index contributed by atoms with van der Waals surface area (Å²) in [5, 5.41) is 5.36. The third kappa shape index (κ3) is 5.02. The van der Waals surface area contributed by atoms with E-state index in [4.69, 9.17) is 14.5 Å². The molecule has 2 aromatic carbocycles. The van der Waals surface area contributed by atoms with E-state index in [1.54, 1.807) is 20.4 Å². The van der Waals surface area contributed by atoms with Gasteiger partial charge < -0.3 is 14.4 Å². The quantitative estimate of drug-likeness (QED) is 0.369. The van der Waals surface area contributed by atoms with Crippen molar-refractivity contribution in [1.29, 1.82) is 0 Å². The zero-order chi connectivity index (χ0) is 25.9. The van der Waals surface area contributed by atoms with Crippen LogP contribution < -0.4 is 9.47 Å². The SMILES string of the molecule is COc1ccc(CN2CCN(C(=O)c3cc(-c4ccccc4)nc4c3cnn4C(C)C)CC2)cc1OC. The van der Waals surface area contributed by atoms with Gasteiger partial charge in [-0.15, -0.1) is 0 Å². The maximum absolute atomic E-state index is 13.8. The second-order valence-corrected chi connectivity index (χ2v) is 9.60. The van der Waals surface area contributed by atoms with Crippen molar-refractivity contribution in [2.24, 2.45) is 0 Å². The molecule has 0 radical (unpaired) electrons. The topological polar surface area (TPSA) is 72.7 Å². The monoisotopic (exact) mass is 499 g/mol. The highest BCUT2D eigenvalue weighted by atomic mass is 16.5. The van der Waals surface area contributed by atoms with Gasteiger partial charge in [-0.05, 0) is 37.6 Å². The van der Waals surface area contributed by atoms with E-state index in [1.807, 2.05) is 58.1 Å². The molecular weight excluding hydrogens is 466 g/mol. The summed E-state index contributed by atoms with van der Waals surface area (Å²) in [5.74, 6) is 1.48. The lowest BCUT2D eigenvalue weighted by molar-refractivity contribution is 0.0630. The largest absolute Gasteiger partial charge is 0.493 e. The standard InChI is InChI=1S/C29H33N5O3/c1-20(2)34-28-24(18-30-34)23(17-25(31-28)22-8-6-5-7-9-22)29(35)33-14-12-32(13-15-33)19-21-10-11-26(36-3)27(16-21)37-4/h5-11,16-18,20H,12-15,19H2,1-4H3. The molecule has 0 atom stereocenters. The Hall–Kier alpha value is -3.91. The van der Waals surface area contributed by atoms with Crippen LogP contribution >= 0.6 is 0 Å². The number of ether oxygens (including phenoxy) is 2. The number of rotatable bonds is 7. The number of pyridine rings is 1. The highest BCUT2D eigenvalue weighted by molar-refractivity contribution is 6.06. The number of aromatic nitrogens is 3. The van der Waals surface area contributed by atoms with E-state index < -0.39 is 0 Å². The fourth-order valence-electron chi connectivity index (χ4n) is 4.85. The Labute approximate surface area is 217 Å². The summed E-state index contributed by atoms with van der Waals surface area (Å²) in [6.07, 6.45) is 1.78. The summed E-state index contributed by atoms with van der Waals surface area (Å²) in [4.78, 5) is 23.0. The summed E-state index contributed by atoms with van der Waals surface area (Å²) in [6, 6.07) is 18.1. The van der Waals surface area contributed by atoms with Crippen LogP contribution in [0.1, 0.15) is 35.8 Å². The average molecular weight is 500 g/mol. The number of piperazine rings is 1. The number of benzene rings is 2. The van der Waals surface area contributed by atoms with E-state index in [0.717, 1.165) is 59.0 Å². The lowest BCUT2D eigenvalue weighted by atomic mass is 10.1. The molecule has 5 rings (SSSR count). The van der Waals surface area contributed by atoms with Crippen molar-refractivity contribution in [2.45, 2.75) is 26.4 Å². The molecule has 3 heterocycles. The van der Waals surface area contributed by atoms with E-state index in [9.17, 15) is 4.79 Å². The first-order valence-electron chi connectivity index (χ1n) is 12.6. The van der Waals surface area contributed by atoms with Crippen LogP contribution in [0, 0.1) is 0 Å². The Bertz CT molecular complexity index is 1390. The number of methoxy groups -OCH3 is 2. The van der Waals surface area contributed by atoms with Crippen LogP contribution in [0.4, 0.5) is 0 Å². The van der Waals surface area contributed by atoms with Crippen molar-refractivity contribution in [1.82, 2.24) is 24.6 Å². The predicted octanol–water partition coefficient (Wildman–Crippen LogP) is 4.65. The van der Waals surface area contributed by atoms with Gasteiger partial charge >= 0.3 is 0 Å². The van der Waals surface area contributed by atoms with Gasteiger partial charge in [0.1, 0.15) is 0 Å². The van der Waals surface area contributed by atoms with Gasteiger partial charge in [0.15, 0.2) is 17.1 Å². The Morgan fingerprint density at radius 3 is 2.35 bits per heavy atom. The van der Waals surface area contributed by atoms with Gasteiger partial charge in [0.2, 0.25) is 0 Å². The number of fused-ring (bicyclic) bond motifs is 1. The van der Waals surface area contributed by atoms with E-state index in [-0.39, 0.29) is 11.9 Å². The van der Waals surface area contributed by atoms with Gasteiger partial charge in [-0.25, -0.2) is 9.67 Å². The number of amides is 1. The number of hydrogen-bond acceptors (Lipinski definition) is 6. The first-order chi connectivity index (χ1) is 18.0. The number of nitrogens with zero attached hydrogens (tertiary/aromatic N) is 5. The zero-order valence-corrected chi connectivity index (χ0v) is 21.8. The molecule has 37 heavy (non-hydrogen) atoms. The van der Waals surface area contributed by atoms with Gasteiger partial charge in [-0.3, -0.25) is 9.69 Å². The minimum atomic E-state index is 0.0265. The maximum atomic E-state index is 13.8. The second kappa shape index (κ2) is 10.6. The van der Waals surface area contributed by atoms with E-state index in [1.165, 1.54) is 0 Å². The maximum Gasteiger partial charge on any atom is 0.254 e. The molecule has 8 nitrogen and oxygen atoms in total. The van der Waals surface area contributed by atoms with Crippen LogP contribution in [-0.2, 0) is 6.54 Å². The third-order valence-corrected chi connectivity index (χ3v) is 6.87. The molecule has 1 amide bonds. The van der Waals surface area contributed by atoms with Crippen LogP contribution in [-0.4, -0.2) is 70.9 Å². The Balaban J connectivity index is 1.36. The first kappa shape index (κ1) is 24.8. The zero-order valence-electron chi connectivity index (χ0n) is 21.8. The summed E-state index contributed by atoms with van der Waals surface area (Å²) in [7, 11) is 3.29. The summed E-state index contributed by atoms with van der Waals surface area (Å²) < 4.78 is 12.7. The minimum absolute atomic E-state index is 0.0265. The molecule has 1 fully saturated rings. The smallest absolute Gasteiger partial charge is 0.254 e. The van der Waals surface area contributed by atoms with Crippen molar-refractivity contribution in [3.63, 3.8) is 0 Å². The van der Waals surface area contributed by atoms with Gasteiger partial charge in [0, 0.05) is 44.3 Å². The van der Waals surface area contributed by atoms with Crippen molar-refractivity contribution >= 4 is 16.9 Å². The molecule has 0 unspecified atom stereocenters. The van der Waals surface area contributed by atoms with Crippen molar-refractivity contribution in [2.75, 3.05) is 40.4 Å². The molecular formula is C29H33N5O3. The summed E-state index contributed by atoms with van der Waals surface area (Å²) in [6.45, 7) is 7.85. The molecule has 8 heteroatoms. The average Bonchev–Trinajstić information content (AvgIpc) is 3.37. The molecule has 1 saturated heterocycles. The lowest BCUT2D eigenvalue weighted by Crippen LogP contribution is -2.48. The lowest BCUT2D eigenvalue weighted by Gasteiger charge is -2.35. The van der Waals surface area contributed by atoms with E-state index in [2.05, 4.69) is 29.9 Å². The van der Waals surface area contributed by atoms with Crippen molar-refractivity contribution < 1.29 is 14.3 Å². The van der Waals surface area contributed by atoms with E-state index >= 15 is 0 Å². The minimum Gasteiger partial charge on any atom is -0.493 e. The fourth-order valence-corrected chi connectivity index (χ4v) is 4.85. The highest BCUT2D eigenvalue weighted by Crippen LogP contribution is 2.29. The first-order valence-corrected chi connectivity index (χ1v) is 12.6. The van der Waals surface area contributed by atoms with Crippen LogP contribution in [0.2, 0.25) is 0 Å². The van der Waals surface area contributed by atoms with Crippen molar-refractivity contribution in [3.8, 4) is 22.8 Å². The van der Waals surface area contributed by atoms with Crippen molar-refractivity contribution in [3.05, 3.63) is 71.9 Å². The second-order valence-electron chi connectivity index (χ2n) is 9.60. The molecule has 0 bridgehead atoms. The molecule has 2 aromatic heterocycles. The number of carbonyl (C=O) groups excluding carboxylic acids is 1. The van der Waals surface area contributed by atoms with Crippen LogP contribution in [0.5, 0.6) is 11.5 Å². The molecule has 1 aliphatic heterocycles. The van der Waals surface area contributed by atoms with Crippen LogP contribution in [0.15, 0.2) is 60.8 Å². The number of carbonyl (C=O) groups is 1. The van der Waals surface area contributed by atoms with Gasteiger partial charge in [0.05, 0.1) is 37.1 Å². The molecule has 1 aliphatic rings. The summed E-state index contributed by atoms with van der Waals surface area (Å²) >= 11 is 0. The molecule has 192 valence electrons. The highest BCUT2D eigenvalue weighted by Gasteiger charge is 2.26. The Kier molecular flexibility index (Phi) is 7.10. The van der Waals surface area contributed by atoms with Gasteiger partial charge in [-0.1, -0.05) is 36.4 Å². The molecule has 0 saturated carbocycles. The van der Waals surface area contributed by atoms with Crippen LogP contribution in [0.25, 0.3) is 22.3 Å².